The molecule has 2 heterocycles. The van der Waals surface area contributed by atoms with Crippen molar-refractivity contribution in [2.24, 2.45) is 4.99 Å². The molecule has 0 amide bonds. The third-order valence-corrected chi connectivity index (χ3v) is 7.95. The Morgan fingerprint density at radius 2 is 1.73 bits per heavy atom. The van der Waals surface area contributed by atoms with Gasteiger partial charge in [-0.15, -0.1) is 0 Å². The van der Waals surface area contributed by atoms with Crippen molar-refractivity contribution >= 4 is 46.6 Å². The van der Waals surface area contributed by atoms with Gasteiger partial charge >= 0.3 is 5.97 Å². The third kappa shape index (κ3) is 5.77. The first kappa shape index (κ1) is 27.9. The molecule has 9 heteroatoms. The van der Waals surface area contributed by atoms with Crippen molar-refractivity contribution in [2.45, 2.75) is 33.4 Å². The lowest BCUT2D eigenvalue weighted by atomic mass is 9.95. The van der Waals surface area contributed by atoms with Gasteiger partial charge in [0.25, 0.3) is 5.56 Å². The van der Waals surface area contributed by atoms with E-state index in [4.69, 9.17) is 32.7 Å². The highest BCUT2D eigenvalue weighted by Gasteiger charge is 2.33. The van der Waals surface area contributed by atoms with Crippen LogP contribution in [0.15, 0.2) is 87.8 Å². The van der Waals surface area contributed by atoms with Gasteiger partial charge in [0.2, 0.25) is 0 Å². The number of halogens is 2. The number of esters is 1. The first-order valence-corrected chi connectivity index (χ1v) is 14.3. The summed E-state index contributed by atoms with van der Waals surface area (Å²) in [6.45, 7) is 6.04. The molecule has 0 bridgehead atoms. The molecule has 0 aliphatic carbocycles. The number of hydrogen-bond donors (Lipinski definition) is 0. The molecule has 0 N–H and O–H groups in total. The number of aromatic nitrogens is 1. The molecular formula is C31H26Cl2N2O4S. The average Bonchev–Trinajstić information content (AvgIpc) is 3.23. The molecule has 204 valence electrons. The summed E-state index contributed by atoms with van der Waals surface area (Å²) in [7, 11) is 0. The molecule has 0 fully saturated rings. The Balaban J connectivity index is 1.61. The monoisotopic (exact) mass is 592 g/mol. The van der Waals surface area contributed by atoms with Gasteiger partial charge in [0, 0.05) is 15.6 Å². The number of nitrogens with zero attached hydrogens (tertiary/aromatic N) is 2. The van der Waals surface area contributed by atoms with Crippen molar-refractivity contribution in [3.63, 3.8) is 0 Å². The number of benzene rings is 3. The van der Waals surface area contributed by atoms with Crippen molar-refractivity contribution < 1.29 is 14.3 Å². The van der Waals surface area contributed by atoms with E-state index in [0.29, 0.717) is 48.6 Å². The van der Waals surface area contributed by atoms with E-state index in [1.807, 2.05) is 43.3 Å². The van der Waals surface area contributed by atoms with E-state index < -0.39 is 12.0 Å². The fraction of sp³-hybridized carbons (Fsp3) is 0.194. The van der Waals surface area contributed by atoms with Gasteiger partial charge in [-0.1, -0.05) is 76.5 Å². The standard InChI is InChI=1S/C31H26Cl2N2O4S/c1-4-38-30(37)27-19(3)34-31-35(28(27)21-9-5-18(2)6-10-21)29(36)26(40-31)16-22-15-24(33)13-14-25(22)39-17-20-7-11-23(32)12-8-20/h5-16,28H,4,17H2,1-3H3/b26-16-/t28-/m0/s1. The van der Waals surface area contributed by atoms with Gasteiger partial charge in [-0.2, -0.15) is 0 Å². The van der Waals surface area contributed by atoms with Crippen LogP contribution in [0.3, 0.4) is 0 Å². The predicted molar refractivity (Wildman–Crippen MR) is 159 cm³/mol. The number of allylic oxidation sites excluding steroid dienone is 1. The van der Waals surface area contributed by atoms with Crippen LogP contribution in [-0.4, -0.2) is 17.1 Å². The molecule has 4 aromatic rings. The topological polar surface area (TPSA) is 69.9 Å². The summed E-state index contributed by atoms with van der Waals surface area (Å²) >= 11 is 13.6. The van der Waals surface area contributed by atoms with E-state index in [1.54, 1.807) is 54.8 Å². The Labute approximate surface area is 245 Å². The van der Waals surface area contributed by atoms with Crippen LogP contribution in [0.5, 0.6) is 5.75 Å². The maximum absolute atomic E-state index is 13.9. The van der Waals surface area contributed by atoms with E-state index in [1.165, 1.54) is 11.3 Å². The molecule has 1 atom stereocenters. The van der Waals surface area contributed by atoms with Gasteiger partial charge in [-0.3, -0.25) is 9.36 Å². The molecule has 3 aromatic carbocycles. The van der Waals surface area contributed by atoms with Gasteiger partial charge in [0.15, 0.2) is 4.80 Å². The van der Waals surface area contributed by atoms with Crippen LogP contribution in [-0.2, 0) is 16.1 Å². The van der Waals surface area contributed by atoms with Crippen LogP contribution in [0.25, 0.3) is 6.08 Å². The molecular weight excluding hydrogens is 567 g/mol. The maximum atomic E-state index is 13.9. The first-order chi connectivity index (χ1) is 19.2. The second kappa shape index (κ2) is 11.8. The van der Waals surface area contributed by atoms with Crippen molar-refractivity contribution in [3.05, 3.63) is 130 Å². The third-order valence-electron chi connectivity index (χ3n) is 6.48. The van der Waals surface area contributed by atoms with Crippen LogP contribution < -0.4 is 19.6 Å². The summed E-state index contributed by atoms with van der Waals surface area (Å²) in [6, 6.07) is 19.8. The smallest absolute Gasteiger partial charge is 0.338 e. The quantitative estimate of drug-likeness (QED) is 0.247. The van der Waals surface area contributed by atoms with E-state index in [9.17, 15) is 9.59 Å². The van der Waals surface area contributed by atoms with Crippen LogP contribution in [0, 0.1) is 6.92 Å². The number of aryl methyl sites for hydroxylation is 1. The number of thiazole rings is 1. The average molecular weight is 594 g/mol. The number of carbonyl (C=O) groups is 1. The molecule has 1 aromatic heterocycles. The van der Waals surface area contributed by atoms with Crippen molar-refractivity contribution in [2.75, 3.05) is 6.61 Å². The Morgan fingerprint density at radius 1 is 1.02 bits per heavy atom. The minimum atomic E-state index is -0.668. The van der Waals surface area contributed by atoms with E-state index in [-0.39, 0.29) is 12.2 Å². The summed E-state index contributed by atoms with van der Waals surface area (Å²) < 4.78 is 13.5. The van der Waals surface area contributed by atoms with E-state index in [0.717, 1.165) is 16.7 Å². The fourth-order valence-corrected chi connectivity index (χ4v) is 5.85. The predicted octanol–water partition coefficient (Wildman–Crippen LogP) is 5.99. The van der Waals surface area contributed by atoms with Gasteiger partial charge in [-0.25, -0.2) is 9.79 Å². The minimum Gasteiger partial charge on any atom is -0.488 e. The van der Waals surface area contributed by atoms with Gasteiger partial charge < -0.3 is 9.47 Å². The molecule has 0 saturated heterocycles. The summed E-state index contributed by atoms with van der Waals surface area (Å²) in [6.07, 6.45) is 1.75. The lowest BCUT2D eigenvalue weighted by Crippen LogP contribution is -2.39. The van der Waals surface area contributed by atoms with Gasteiger partial charge in [0.1, 0.15) is 12.4 Å². The molecule has 40 heavy (non-hydrogen) atoms. The highest BCUT2D eigenvalue weighted by Crippen LogP contribution is 2.31. The van der Waals surface area contributed by atoms with Crippen LogP contribution in [0.2, 0.25) is 10.0 Å². The zero-order chi connectivity index (χ0) is 28.4. The summed E-state index contributed by atoms with van der Waals surface area (Å²) in [5, 5.41) is 1.16. The fourth-order valence-electron chi connectivity index (χ4n) is 4.50. The number of rotatable bonds is 7. The van der Waals surface area contributed by atoms with Crippen molar-refractivity contribution in [1.29, 1.82) is 0 Å². The Bertz CT molecular complexity index is 1790. The molecule has 0 saturated carbocycles. The van der Waals surface area contributed by atoms with Gasteiger partial charge in [-0.05, 0) is 68.3 Å². The number of fused-ring (bicyclic) bond motifs is 1. The zero-order valence-corrected chi connectivity index (χ0v) is 24.4. The summed E-state index contributed by atoms with van der Waals surface area (Å²) in [4.78, 5) is 32.1. The Hall–Kier alpha value is -3.65. The highest BCUT2D eigenvalue weighted by molar-refractivity contribution is 7.07. The Morgan fingerprint density at radius 3 is 2.42 bits per heavy atom. The highest BCUT2D eigenvalue weighted by atomic mass is 35.5. The molecule has 1 aliphatic heterocycles. The van der Waals surface area contributed by atoms with Crippen LogP contribution >= 0.6 is 34.5 Å². The normalized spacial score (nSPS) is 15.0. The Kier molecular flexibility index (Phi) is 8.26. The molecule has 5 rings (SSSR count). The molecule has 0 spiro atoms. The van der Waals surface area contributed by atoms with Crippen LogP contribution in [0.1, 0.15) is 42.1 Å². The molecule has 1 aliphatic rings. The SMILES string of the molecule is CCOC(=O)C1=C(C)N=c2s/c(=C\c3cc(Cl)ccc3OCc3ccc(Cl)cc3)c(=O)n2[C@H]1c1ccc(C)cc1. The van der Waals surface area contributed by atoms with E-state index >= 15 is 0 Å². The lowest BCUT2D eigenvalue weighted by Gasteiger charge is -2.24. The number of hydrogen-bond acceptors (Lipinski definition) is 6. The molecule has 0 radical (unpaired) electrons. The first-order valence-electron chi connectivity index (χ1n) is 12.7. The molecule has 6 nitrogen and oxygen atoms in total. The summed E-state index contributed by atoms with van der Waals surface area (Å²) in [5.74, 6) is 0.0833. The summed E-state index contributed by atoms with van der Waals surface area (Å²) in [5.41, 5.74) is 4.06. The van der Waals surface area contributed by atoms with Crippen molar-refractivity contribution in [1.82, 2.24) is 4.57 Å². The largest absolute Gasteiger partial charge is 0.488 e. The number of carbonyl (C=O) groups excluding carboxylic acids is 1. The molecule has 0 unspecified atom stereocenters. The lowest BCUT2D eigenvalue weighted by molar-refractivity contribution is -0.139. The van der Waals surface area contributed by atoms with Crippen LogP contribution in [0.4, 0.5) is 0 Å². The second-order valence-corrected chi connectivity index (χ2v) is 11.2. The van der Waals surface area contributed by atoms with E-state index in [2.05, 4.69) is 4.99 Å². The number of ether oxygens (including phenoxy) is 2. The maximum Gasteiger partial charge on any atom is 0.338 e. The zero-order valence-electron chi connectivity index (χ0n) is 22.1. The van der Waals surface area contributed by atoms with Crippen molar-refractivity contribution in [3.8, 4) is 5.75 Å². The minimum absolute atomic E-state index is 0.216. The second-order valence-electron chi connectivity index (χ2n) is 9.31. The van der Waals surface area contributed by atoms with Gasteiger partial charge in [0.05, 0.1) is 28.5 Å².